The van der Waals surface area contributed by atoms with Crippen molar-refractivity contribution >= 4 is 0 Å². The molecule has 0 aromatic carbocycles. The SMILES string of the molecule is CC.CC(C)OCC(O)C1CCCCC1. The second-order valence-corrected chi connectivity index (χ2v) is 4.35. The Labute approximate surface area is 95.0 Å². The Morgan fingerprint density at radius 2 is 1.67 bits per heavy atom. The van der Waals surface area contributed by atoms with E-state index in [2.05, 4.69) is 0 Å². The van der Waals surface area contributed by atoms with Gasteiger partial charge in [0.25, 0.3) is 0 Å². The highest BCUT2D eigenvalue weighted by atomic mass is 16.5. The van der Waals surface area contributed by atoms with E-state index < -0.39 is 0 Å². The minimum absolute atomic E-state index is 0.234. The molecule has 0 spiro atoms. The summed E-state index contributed by atoms with van der Waals surface area (Å²) in [5.41, 5.74) is 0. The van der Waals surface area contributed by atoms with E-state index in [4.69, 9.17) is 4.74 Å². The van der Waals surface area contributed by atoms with Crippen molar-refractivity contribution in [1.82, 2.24) is 0 Å². The quantitative estimate of drug-likeness (QED) is 0.780. The second kappa shape index (κ2) is 9.17. The van der Waals surface area contributed by atoms with E-state index in [1.54, 1.807) is 0 Å². The van der Waals surface area contributed by atoms with Crippen molar-refractivity contribution in [1.29, 1.82) is 0 Å². The van der Waals surface area contributed by atoms with Crippen LogP contribution in [0.25, 0.3) is 0 Å². The zero-order valence-corrected chi connectivity index (χ0v) is 10.8. The largest absolute Gasteiger partial charge is 0.390 e. The molecule has 0 aliphatic heterocycles. The molecule has 1 saturated carbocycles. The summed E-state index contributed by atoms with van der Waals surface area (Å²) in [6.45, 7) is 8.53. The molecule has 1 atom stereocenters. The van der Waals surface area contributed by atoms with Crippen LogP contribution in [-0.2, 0) is 4.74 Å². The fourth-order valence-electron chi connectivity index (χ4n) is 1.95. The lowest BCUT2D eigenvalue weighted by Gasteiger charge is -2.26. The van der Waals surface area contributed by atoms with Crippen LogP contribution in [0.15, 0.2) is 0 Å². The fraction of sp³-hybridized carbons (Fsp3) is 1.00. The molecular weight excluding hydrogens is 188 g/mol. The van der Waals surface area contributed by atoms with Gasteiger partial charge in [-0.3, -0.25) is 0 Å². The van der Waals surface area contributed by atoms with Crippen LogP contribution in [0.5, 0.6) is 0 Å². The van der Waals surface area contributed by atoms with Crippen molar-refractivity contribution in [2.45, 2.75) is 72.0 Å². The number of aliphatic hydroxyl groups excluding tert-OH is 1. The van der Waals surface area contributed by atoms with Gasteiger partial charge in [0.05, 0.1) is 18.8 Å². The van der Waals surface area contributed by atoms with Crippen LogP contribution >= 0.6 is 0 Å². The van der Waals surface area contributed by atoms with Gasteiger partial charge < -0.3 is 9.84 Å². The smallest absolute Gasteiger partial charge is 0.0801 e. The van der Waals surface area contributed by atoms with Gasteiger partial charge in [-0.2, -0.15) is 0 Å². The van der Waals surface area contributed by atoms with E-state index in [1.165, 1.54) is 32.1 Å². The maximum absolute atomic E-state index is 9.80. The topological polar surface area (TPSA) is 29.5 Å². The summed E-state index contributed by atoms with van der Waals surface area (Å²) < 4.78 is 5.41. The Bertz CT molecular complexity index is 128. The van der Waals surface area contributed by atoms with Crippen LogP contribution in [0.2, 0.25) is 0 Å². The lowest BCUT2D eigenvalue weighted by atomic mass is 9.85. The molecule has 0 radical (unpaired) electrons. The van der Waals surface area contributed by atoms with Crippen molar-refractivity contribution < 1.29 is 9.84 Å². The lowest BCUT2D eigenvalue weighted by Crippen LogP contribution is -2.28. The van der Waals surface area contributed by atoms with Gasteiger partial charge in [-0.05, 0) is 32.6 Å². The highest BCUT2D eigenvalue weighted by Crippen LogP contribution is 2.26. The van der Waals surface area contributed by atoms with Crippen molar-refractivity contribution in [2.75, 3.05) is 6.61 Å². The molecule has 0 heterocycles. The zero-order chi connectivity index (χ0) is 11.7. The first-order valence-electron chi connectivity index (χ1n) is 6.50. The summed E-state index contributed by atoms with van der Waals surface area (Å²) in [5.74, 6) is 0.493. The molecule has 1 aliphatic rings. The Balaban J connectivity index is 0.000000921. The van der Waals surface area contributed by atoms with Crippen LogP contribution in [0.3, 0.4) is 0 Å². The Morgan fingerprint density at radius 1 is 1.13 bits per heavy atom. The number of hydrogen-bond acceptors (Lipinski definition) is 2. The molecule has 1 fully saturated rings. The summed E-state index contributed by atoms with van der Waals surface area (Å²) in [5, 5.41) is 9.80. The third kappa shape index (κ3) is 6.91. The minimum Gasteiger partial charge on any atom is -0.390 e. The summed E-state index contributed by atoms with van der Waals surface area (Å²) in [4.78, 5) is 0. The van der Waals surface area contributed by atoms with E-state index in [-0.39, 0.29) is 12.2 Å². The first-order valence-corrected chi connectivity index (χ1v) is 6.50. The predicted octanol–water partition coefficient (Wildman–Crippen LogP) is 3.38. The molecule has 0 aromatic heterocycles. The summed E-state index contributed by atoms with van der Waals surface area (Å²) >= 11 is 0. The van der Waals surface area contributed by atoms with Gasteiger partial charge in [0, 0.05) is 0 Å². The molecule has 0 aromatic rings. The maximum Gasteiger partial charge on any atom is 0.0801 e. The lowest BCUT2D eigenvalue weighted by molar-refractivity contribution is -0.0266. The molecule has 2 nitrogen and oxygen atoms in total. The molecule has 1 rings (SSSR count). The molecule has 0 amide bonds. The summed E-state index contributed by atoms with van der Waals surface area (Å²) in [6, 6.07) is 0. The van der Waals surface area contributed by atoms with Crippen molar-refractivity contribution in [3.8, 4) is 0 Å². The average Bonchev–Trinajstić information content (AvgIpc) is 2.30. The molecule has 0 bridgehead atoms. The van der Waals surface area contributed by atoms with Crippen LogP contribution in [0, 0.1) is 5.92 Å². The second-order valence-electron chi connectivity index (χ2n) is 4.35. The van der Waals surface area contributed by atoms with E-state index in [1.807, 2.05) is 27.7 Å². The molecule has 0 saturated heterocycles. The average molecular weight is 216 g/mol. The van der Waals surface area contributed by atoms with Gasteiger partial charge in [0.15, 0.2) is 0 Å². The maximum atomic E-state index is 9.80. The molecule has 1 aliphatic carbocycles. The fourth-order valence-corrected chi connectivity index (χ4v) is 1.95. The normalized spacial score (nSPS) is 19.6. The predicted molar refractivity (Wildman–Crippen MR) is 65.0 cm³/mol. The Kier molecular flexibility index (Phi) is 9.12. The van der Waals surface area contributed by atoms with Gasteiger partial charge in [-0.15, -0.1) is 0 Å². The Hall–Kier alpha value is -0.0800. The van der Waals surface area contributed by atoms with Crippen molar-refractivity contribution in [2.24, 2.45) is 5.92 Å². The summed E-state index contributed by atoms with van der Waals surface area (Å²) in [6.07, 6.45) is 6.27. The molecular formula is C13H28O2. The first kappa shape index (κ1) is 14.9. The van der Waals surface area contributed by atoms with Gasteiger partial charge in [-0.1, -0.05) is 33.1 Å². The van der Waals surface area contributed by atoms with Gasteiger partial charge in [0.1, 0.15) is 0 Å². The number of aliphatic hydroxyl groups is 1. The highest BCUT2D eigenvalue weighted by molar-refractivity contribution is 4.72. The minimum atomic E-state index is -0.234. The molecule has 15 heavy (non-hydrogen) atoms. The number of rotatable bonds is 4. The van der Waals surface area contributed by atoms with Crippen molar-refractivity contribution in [3.05, 3.63) is 0 Å². The summed E-state index contributed by atoms with van der Waals surface area (Å²) in [7, 11) is 0. The number of ether oxygens (including phenoxy) is 1. The zero-order valence-electron chi connectivity index (χ0n) is 10.8. The van der Waals surface area contributed by atoms with E-state index in [0.29, 0.717) is 12.5 Å². The van der Waals surface area contributed by atoms with Crippen LogP contribution in [0.1, 0.15) is 59.8 Å². The van der Waals surface area contributed by atoms with Crippen molar-refractivity contribution in [3.63, 3.8) is 0 Å². The highest BCUT2D eigenvalue weighted by Gasteiger charge is 2.21. The van der Waals surface area contributed by atoms with Crippen LogP contribution < -0.4 is 0 Å². The van der Waals surface area contributed by atoms with Crippen LogP contribution in [0.4, 0.5) is 0 Å². The number of hydrogen-bond donors (Lipinski definition) is 1. The molecule has 1 N–H and O–H groups in total. The Morgan fingerprint density at radius 3 is 2.13 bits per heavy atom. The standard InChI is InChI=1S/C11H22O2.C2H6/c1-9(2)13-8-11(12)10-6-4-3-5-7-10;1-2/h9-12H,3-8H2,1-2H3;1-2H3. The van der Waals surface area contributed by atoms with Gasteiger partial charge in [0.2, 0.25) is 0 Å². The molecule has 1 unspecified atom stereocenters. The molecule has 2 heteroatoms. The van der Waals surface area contributed by atoms with Gasteiger partial charge in [-0.25, -0.2) is 0 Å². The third-order valence-corrected chi connectivity index (χ3v) is 2.79. The molecule has 92 valence electrons. The van der Waals surface area contributed by atoms with Gasteiger partial charge >= 0.3 is 0 Å². The van der Waals surface area contributed by atoms with E-state index in [9.17, 15) is 5.11 Å². The first-order chi connectivity index (χ1) is 7.20. The third-order valence-electron chi connectivity index (χ3n) is 2.79. The van der Waals surface area contributed by atoms with E-state index in [0.717, 1.165) is 0 Å². The monoisotopic (exact) mass is 216 g/mol. The van der Waals surface area contributed by atoms with E-state index >= 15 is 0 Å². The van der Waals surface area contributed by atoms with Crippen LogP contribution in [-0.4, -0.2) is 23.9 Å².